The lowest BCUT2D eigenvalue weighted by molar-refractivity contribution is 0.177. The monoisotopic (exact) mass is 243 g/mol. The maximum absolute atomic E-state index is 11.0. The second-order valence-corrected chi connectivity index (χ2v) is 4.57. The van der Waals surface area contributed by atoms with Crippen molar-refractivity contribution in [2.75, 3.05) is 32.7 Å². The Kier molecular flexibility index (Phi) is 2.86. The number of cyclic esters (lactones) is 1. The zero-order valence-electron chi connectivity index (χ0n) is 9.31. The van der Waals surface area contributed by atoms with Gasteiger partial charge in [0.1, 0.15) is 12.6 Å². The second-order valence-electron chi connectivity index (χ2n) is 3.56. The van der Waals surface area contributed by atoms with Crippen LogP contribution in [0.15, 0.2) is 0 Å². The van der Waals surface area contributed by atoms with Gasteiger partial charge in [-0.15, -0.1) is 0 Å². The first-order chi connectivity index (χ1) is 7.61. The standard InChI is InChI=1S/C9H13N3O3S/c1-12(2)8-11-7(14-3)6(16-8)5-4-15-9(13)10-5/h5H,4H2,1-3H3,(H,10,13). The number of alkyl carbamates (subject to hydrolysis) is 1. The SMILES string of the molecule is COc1nc(N(C)C)sc1C1COC(=O)N1. The topological polar surface area (TPSA) is 63.7 Å². The Balaban J connectivity index is 2.28. The smallest absolute Gasteiger partial charge is 0.407 e. The van der Waals surface area contributed by atoms with Crippen LogP contribution in [-0.4, -0.2) is 38.9 Å². The third kappa shape index (κ3) is 1.90. The molecule has 0 aromatic carbocycles. The number of anilines is 1. The highest BCUT2D eigenvalue weighted by atomic mass is 32.1. The van der Waals surface area contributed by atoms with E-state index in [1.807, 2.05) is 19.0 Å². The molecule has 2 heterocycles. The molecule has 0 saturated carbocycles. The number of aromatic nitrogens is 1. The van der Waals surface area contributed by atoms with E-state index in [0.717, 1.165) is 10.0 Å². The molecular formula is C9H13N3O3S. The first-order valence-electron chi connectivity index (χ1n) is 4.77. The summed E-state index contributed by atoms with van der Waals surface area (Å²) in [6.45, 7) is 0.324. The van der Waals surface area contributed by atoms with Crippen LogP contribution in [0.1, 0.15) is 10.9 Å². The number of methoxy groups -OCH3 is 1. The Labute approximate surface area is 97.2 Å². The largest absolute Gasteiger partial charge is 0.480 e. The number of hydrogen-bond donors (Lipinski definition) is 1. The predicted octanol–water partition coefficient (Wildman–Crippen LogP) is 0.999. The van der Waals surface area contributed by atoms with Crippen molar-refractivity contribution in [1.82, 2.24) is 10.3 Å². The van der Waals surface area contributed by atoms with E-state index in [4.69, 9.17) is 9.47 Å². The van der Waals surface area contributed by atoms with E-state index in [-0.39, 0.29) is 6.04 Å². The van der Waals surface area contributed by atoms with Crippen molar-refractivity contribution in [3.63, 3.8) is 0 Å². The Bertz CT molecular complexity index is 405. The van der Waals surface area contributed by atoms with Gasteiger partial charge < -0.3 is 19.7 Å². The fourth-order valence-corrected chi connectivity index (χ4v) is 2.38. The third-order valence-electron chi connectivity index (χ3n) is 2.17. The summed E-state index contributed by atoms with van der Waals surface area (Å²) in [6, 6.07) is -0.159. The molecule has 16 heavy (non-hydrogen) atoms. The lowest BCUT2D eigenvalue weighted by Gasteiger charge is -2.05. The molecule has 1 aromatic rings. The molecule has 1 aromatic heterocycles. The van der Waals surface area contributed by atoms with E-state index in [0.29, 0.717) is 12.5 Å². The van der Waals surface area contributed by atoms with Gasteiger partial charge in [0.2, 0.25) is 5.88 Å². The molecular weight excluding hydrogens is 230 g/mol. The second kappa shape index (κ2) is 4.17. The molecule has 0 aliphatic carbocycles. The van der Waals surface area contributed by atoms with E-state index >= 15 is 0 Å². The van der Waals surface area contributed by atoms with Gasteiger partial charge in [-0.05, 0) is 0 Å². The minimum atomic E-state index is -0.396. The number of carbonyl (C=O) groups excluding carboxylic acids is 1. The van der Waals surface area contributed by atoms with Gasteiger partial charge in [0.25, 0.3) is 0 Å². The molecule has 1 fully saturated rings. The van der Waals surface area contributed by atoms with Gasteiger partial charge in [-0.3, -0.25) is 0 Å². The van der Waals surface area contributed by atoms with Gasteiger partial charge in [-0.2, -0.15) is 4.98 Å². The van der Waals surface area contributed by atoms with E-state index in [1.54, 1.807) is 7.11 Å². The summed E-state index contributed by atoms with van der Waals surface area (Å²) in [5.41, 5.74) is 0. The molecule has 7 heteroatoms. The zero-order valence-corrected chi connectivity index (χ0v) is 10.1. The summed E-state index contributed by atoms with van der Waals surface area (Å²) >= 11 is 1.49. The van der Waals surface area contributed by atoms with Crippen LogP contribution in [0.2, 0.25) is 0 Å². The first-order valence-corrected chi connectivity index (χ1v) is 5.58. The Hall–Kier alpha value is -1.50. The van der Waals surface area contributed by atoms with E-state index in [9.17, 15) is 4.79 Å². The highest BCUT2D eigenvalue weighted by Gasteiger charge is 2.29. The van der Waals surface area contributed by atoms with Crippen molar-refractivity contribution < 1.29 is 14.3 Å². The van der Waals surface area contributed by atoms with Gasteiger partial charge in [0.05, 0.1) is 12.0 Å². The molecule has 1 N–H and O–H groups in total. The number of thiazole rings is 1. The number of ether oxygens (including phenoxy) is 2. The van der Waals surface area contributed by atoms with Crippen molar-refractivity contribution in [1.29, 1.82) is 0 Å². The quantitative estimate of drug-likeness (QED) is 0.858. The van der Waals surface area contributed by atoms with Crippen LogP contribution < -0.4 is 15.0 Å². The minimum Gasteiger partial charge on any atom is -0.480 e. The van der Waals surface area contributed by atoms with Crippen molar-refractivity contribution in [2.45, 2.75) is 6.04 Å². The summed E-state index contributed by atoms with van der Waals surface area (Å²) in [5, 5.41) is 3.55. The Morgan fingerprint density at radius 2 is 2.38 bits per heavy atom. The van der Waals surface area contributed by atoms with Gasteiger partial charge in [-0.25, -0.2) is 4.79 Å². The Morgan fingerprint density at radius 3 is 2.88 bits per heavy atom. The van der Waals surface area contributed by atoms with E-state index in [1.165, 1.54) is 11.3 Å². The predicted molar refractivity (Wildman–Crippen MR) is 60.2 cm³/mol. The lowest BCUT2D eigenvalue weighted by atomic mass is 10.3. The van der Waals surface area contributed by atoms with Gasteiger partial charge >= 0.3 is 6.09 Å². The van der Waals surface area contributed by atoms with Crippen LogP contribution >= 0.6 is 11.3 Å². The normalized spacial score (nSPS) is 19.2. The van der Waals surface area contributed by atoms with Crippen LogP contribution in [0.4, 0.5) is 9.93 Å². The van der Waals surface area contributed by atoms with Crippen LogP contribution in [0.5, 0.6) is 5.88 Å². The maximum atomic E-state index is 11.0. The summed E-state index contributed by atoms with van der Waals surface area (Å²) in [5.74, 6) is 0.546. The average molecular weight is 243 g/mol. The molecule has 1 saturated heterocycles. The third-order valence-corrected chi connectivity index (χ3v) is 3.49. The Morgan fingerprint density at radius 1 is 1.62 bits per heavy atom. The van der Waals surface area contributed by atoms with Gasteiger partial charge in [0, 0.05) is 14.1 Å². The highest BCUT2D eigenvalue weighted by molar-refractivity contribution is 7.16. The molecule has 1 atom stereocenters. The molecule has 0 bridgehead atoms. The summed E-state index contributed by atoms with van der Waals surface area (Å²) in [6.07, 6.45) is -0.396. The maximum Gasteiger partial charge on any atom is 0.407 e. The number of amides is 1. The molecule has 0 spiro atoms. The van der Waals surface area contributed by atoms with Crippen LogP contribution in [0.25, 0.3) is 0 Å². The van der Waals surface area contributed by atoms with Crippen molar-refractivity contribution in [3.05, 3.63) is 4.88 Å². The van der Waals surface area contributed by atoms with Crippen LogP contribution in [-0.2, 0) is 4.74 Å². The summed E-state index contributed by atoms with van der Waals surface area (Å²) in [7, 11) is 5.38. The van der Waals surface area contributed by atoms with Crippen molar-refractivity contribution in [3.8, 4) is 5.88 Å². The fraction of sp³-hybridized carbons (Fsp3) is 0.556. The van der Waals surface area contributed by atoms with Gasteiger partial charge in [-0.1, -0.05) is 11.3 Å². The van der Waals surface area contributed by atoms with E-state index in [2.05, 4.69) is 10.3 Å². The van der Waals surface area contributed by atoms with Crippen LogP contribution in [0.3, 0.4) is 0 Å². The van der Waals surface area contributed by atoms with Crippen LogP contribution in [0, 0.1) is 0 Å². The van der Waals surface area contributed by atoms with Crippen molar-refractivity contribution in [2.24, 2.45) is 0 Å². The zero-order chi connectivity index (χ0) is 11.7. The highest BCUT2D eigenvalue weighted by Crippen LogP contribution is 2.36. The molecule has 1 aliphatic rings. The number of nitrogens with one attached hydrogen (secondary N) is 1. The molecule has 2 rings (SSSR count). The number of nitrogens with zero attached hydrogens (tertiary/aromatic N) is 2. The number of rotatable bonds is 3. The molecule has 1 aliphatic heterocycles. The first kappa shape index (κ1) is 11.0. The number of carbonyl (C=O) groups is 1. The molecule has 6 nitrogen and oxygen atoms in total. The fourth-order valence-electron chi connectivity index (χ4n) is 1.39. The molecule has 88 valence electrons. The lowest BCUT2D eigenvalue weighted by Crippen LogP contribution is -2.17. The summed E-state index contributed by atoms with van der Waals surface area (Å²) in [4.78, 5) is 18.1. The average Bonchev–Trinajstić information content (AvgIpc) is 2.82. The molecule has 0 radical (unpaired) electrons. The summed E-state index contributed by atoms with van der Waals surface area (Å²) < 4.78 is 10.0. The van der Waals surface area contributed by atoms with Gasteiger partial charge in [0.15, 0.2) is 5.13 Å². The van der Waals surface area contributed by atoms with Crippen molar-refractivity contribution >= 4 is 22.6 Å². The molecule has 1 amide bonds. The molecule has 1 unspecified atom stereocenters. The van der Waals surface area contributed by atoms with E-state index < -0.39 is 6.09 Å². The minimum absolute atomic E-state index is 0.159. The number of hydrogen-bond acceptors (Lipinski definition) is 6.